The lowest BCUT2D eigenvalue weighted by atomic mass is 10.1. The predicted octanol–water partition coefficient (Wildman–Crippen LogP) is 3.45. The largest absolute Gasteiger partial charge is 0.454 e. The van der Waals surface area contributed by atoms with Crippen LogP contribution in [0, 0.1) is 5.92 Å². The fourth-order valence-corrected chi connectivity index (χ4v) is 4.02. The Hall–Kier alpha value is -3.22. The number of guanidine groups is 1. The molecule has 1 amide bonds. The summed E-state index contributed by atoms with van der Waals surface area (Å²) in [6, 6.07) is 14.0. The van der Waals surface area contributed by atoms with E-state index in [1.165, 1.54) is 5.56 Å². The summed E-state index contributed by atoms with van der Waals surface area (Å²) >= 11 is 0. The van der Waals surface area contributed by atoms with E-state index in [1.807, 2.05) is 36.4 Å². The van der Waals surface area contributed by atoms with Crippen molar-refractivity contribution in [1.29, 1.82) is 0 Å². The van der Waals surface area contributed by atoms with Crippen LogP contribution in [0.1, 0.15) is 36.8 Å². The minimum Gasteiger partial charge on any atom is -0.454 e. The fraction of sp³-hybridized carbons (Fsp3) is 0.417. The van der Waals surface area contributed by atoms with Gasteiger partial charge in [0, 0.05) is 31.7 Å². The summed E-state index contributed by atoms with van der Waals surface area (Å²) in [6.45, 7) is 1.66. The Morgan fingerprint density at radius 2 is 1.87 bits per heavy atom. The highest BCUT2D eigenvalue weighted by Gasteiger charge is 2.22. The SMILES string of the molecule is CN=C(NCCc1ccc2c(c1)OCO2)NCc1cccc(NC(=O)C2CCCC2)c1. The molecule has 0 spiro atoms. The van der Waals surface area contributed by atoms with Gasteiger partial charge in [0.1, 0.15) is 0 Å². The molecule has 7 nitrogen and oxygen atoms in total. The Kier molecular flexibility index (Phi) is 6.92. The molecule has 1 saturated carbocycles. The van der Waals surface area contributed by atoms with E-state index in [9.17, 15) is 4.79 Å². The number of rotatable bonds is 7. The number of hydrogen-bond acceptors (Lipinski definition) is 4. The van der Waals surface area contributed by atoms with Gasteiger partial charge in [0.25, 0.3) is 0 Å². The summed E-state index contributed by atoms with van der Waals surface area (Å²) in [5.74, 6) is 2.65. The van der Waals surface area contributed by atoms with E-state index in [0.717, 1.165) is 67.4 Å². The number of carbonyl (C=O) groups is 1. The molecule has 31 heavy (non-hydrogen) atoms. The number of nitrogens with one attached hydrogen (secondary N) is 3. The van der Waals surface area contributed by atoms with Crippen LogP contribution in [0.15, 0.2) is 47.5 Å². The molecule has 2 aromatic rings. The molecule has 0 bridgehead atoms. The van der Waals surface area contributed by atoms with Crippen LogP contribution >= 0.6 is 0 Å². The Morgan fingerprint density at radius 1 is 1.03 bits per heavy atom. The number of aliphatic imine (C=N–C) groups is 1. The van der Waals surface area contributed by atoms with Crippen LogP contribution in [0.4, 0.5) is 5.69 Å². The predicted molar refractivity (Wildman–Crippen MR) is 122 cm³/mol. The Bertz CT molecular complexity index is 938. The molecule has 1 aliphatic heterocycles. The molecule has 2 aromatic carbocycles. The summed E-state index contributed by atoms with van der Waals surface area (Å²) in [5.41, 5.74) is 3.11. The van der Waals surface area contributed by atoms with Crippen molar-refractivity contribution in [2.75, 3.05) is 25.7 Å². The van der Waals surface area contributed by atoms with Crippen LogP contribution in [0.3, 0.4) is 0 Å². The molecule has 3 N–H and O–H groups in total. The molecular formula is C24H30N4O3. The number of amides is 1. The van der Waals surface area contributed by atoms with Gasteiger partial charge in [-0.2, -0.15) is 0 Å². The molecule has 0 aromatic heterocycles. The van der Waals surface area contributed by atoms with E-state index >= 15 is 0 Å². The lowest BCUT2D eigenvalue weighted by molar-refractivity contribution is -0.119. The highest BCUT2D eigenvalue weighted by molar-refractivity contribution is 5.92. The second kappa shape index (κ2) is 10.2. The van der Waals surface area contributed by atoms with Gasteiger partial charge in [-0.1, -0.05) is 31.0 Å². The highest BCUT2D eigenvalue weighted by atomic mass is 16.7. The van der Waals surface area contributed by atoms with Gasteiger partial charge >= 0.3 is 0 Å². The number of ether oxygens (including phenoxy) is 2. The third kappa shape index (κ3) is 5.69. The standard InChI is InChI=1S/C24H30N4O3/c1-25-24(26-12-11-17-9-10-21-22(14-17)31-16-30-21)27-15-18-5-4-8-20(13-18)28-23(29)19-6-2-3-7-19/h4-5,8-10,13-14,19H,2-3,6-7,11-12,15-16H2,1H3,(H,28,29)(H2,25,26,27). The van der Waals surface area contributed by atoms with Crippen LogP contribution in [0.5, 0.6) is 11.5 Å². The Balaban J connectivity index is 1.23. The fourth-order valence-electron chi connectivity index (χ4n) is 4.02. The van der Waals surface area contributed by atoms with E-state index in [1.54, 1.807) is 7.05 Å². The molecule has 164 valence electrons. The van der Waals surface area contributed by atoms with Gasteiger partial charge in [-0.25, -0.2) is 0 Å². The lowest BCUT2D eigenvalue weighted by Crippen LogP contribution is -2.37. The minimum atomic E-state index is 0.142. The molecular weight excluding hydrogens is 392 g/mol. The first-order valence-electron chi connectivity index (χ1n) is 10.9. The summed E-state index contributed by atoms with van der Waals surface area (Å²) in [6.07, 6.45) is 5.16. The van der Waals surface area contributed by atoms with E-state index in [-0.39, 0.29) is 11.8 Å². The monoisotopic (exact) mass is 422 g/mol. The van der Waals surface area contributed by atoms with Gasteiger partial charge in [0.2, 0.25) is 12.7 Å². The van der Waals surface area contributed by atoms with Gasteiger partial charge in [-0.15, -0.1) is 0 Å². The van der Waals surface area contributed by atoms with Crippen molar-refractivity contribution in [2.45, 2.75) is 38.6 Å². The topological polar surface area (TPSA) is 84.0 Å². The summed E-state index contributed by atoms with van der Waals surface area (Å²) in [4.78, 5) is 16.7. The zero-order valence-electron chi connectivity index (χ0n) is 17.9. The molecule has 1 fully saturated rings. The van der Waals surface area contributed by atoms with Crippen molar-refractivity contribution in [3.63, 3.8) is 0 Å². The highest BCUT2D eigenvalue weighted by Crippen LogP contribution is 2.32. The van der Waals surface area contributed by atoms with Crippen molar-refractivity contribution >= 4 is 17.6 Å². The Morgan fingerprint density at radius 3 is 2.71 bits per heavy atom. The quantitative estimate of drug-likeness (QED) is 0.470. The first-order valence-corrected chi connectivity index (χ1v) is 10.9. The maximum absolute atomic E-state index is 12.4. The summed E-state index contributed by atoms with van der Waals surface area (Å²) < 4.78 is 10.8. The molecule has 0 saturated heterocycles. The number of anilines is 1. The van der Waals surface area contributed by atoms with Gasteiger partial charge in [-0.05, 0) is 54.7 Å². The second-order valence-electron chi connectivity index (χ2n) is 7.96. The number of benzene rings is 2. The first kappa shape index (κ1) is 21.0. The van der Waals surface area contributed by atoms with Gasteiger partial charge in [0.15, 0.2) is 17.5 Å². The molecule has 1 aliphatic carbocycles. The van der Waals surface area contributed by atoms with E-state index in [4.69, 9.17) is 9.47 Å². The number of fused-ring (bicyclic) bond motifs is 1. The van der Waals surface area contributed by atoms with Crippen LogP contribution in [0.2, 0.25) is 0 Å². The molecule has 4 rings (SSSR count). The summed E-state index contributed by atoms with van der Waals surface area (Å²) in [5, 5.41) is 9.73. The molecule has 1 heterocycles. The molecule has 0 radical (unpaired) electrons. The molecule has 0 atom stereocenters. The minimum absolute atomic E-state index is 0.142. The molecule has 7 heteroatoms. The smallest absolute Gasteiger partial charge is 0.231 e. The van der Waals surface area contributed by atoms with Crippen molar-refractivity contribution in [2.24, 2.45) is 10.9 Å². The average molecular weight is 423 g/mol. The number of nitrogens with zero attached hydrogens (tertiary/aromatic N) is 1. The van der Waals surface area contributed by atoms with Crippen molar-refractivity contribution in [1.82, 2.24) is 10.6 Å². The first-order chi connectivity index (χ1) is 15.2. The number of hydrogen-bond donors (Lipinski definition) is 3. The second-order valence-corrected chi connectivity index (χ2v) is 7.96. The van der Waals surface area contributed by atoms with E-state index < -0.39 is 0 Å². The average Bonchev–Trinajstić information content (AvgIpc) is 3.48. The van der Waals surface area contributed by atoms with Gasteiger partial charge in [-0.3, -0.25) is 9.79 Å². The van der Waals surface area contributed by atoms with Crippen molar-refractivity contribution in [3.05, 3.63) is 53.6 Å². The maximum atomic E-state index is 12.4. The van der Waals surface area contributed by atoms with Crippen molar-refractivity contribution in [3.8, 4) is 11.5 Å². The van der Waals surface area contributed by atoms with Gasteiger partial charge in [0.05, 0.1) is 0 Å². The van der Waals surface area contributed by atoms with Crippen LogP contribution in [-0.2, 0) is 17.8 Å². The van der Waals surface area contributed by atoms with Crippen LogP contribution < -0.4 is 25.4 Å². The maximum Gasteiger partial charge on any atom is 0.231 e. The summed E-state index contributed by atoms with van der Waals surface area (Å²) in [7, 11) is 1.76. The van der Waals surface area contributed by atoms with E-state index in [2.05, 4.69) is 27.0 Å². The third-order valence-electron chi connectivity index (χ3n) is 5.75. The van der Waals surface area contributed by atoms with Gasteiger partial charge < -0.3 is 25.4 Å². The lowest BCUT2D eigenvalue weighted by Gasteiger charge is -2.14. The molecule has 2 aliphatic rings. The zero-order valence-corrected chi connectivity index (χ0v) is 17.9. The van der Waals surface area contributed by atoms with Crippen LogP contribution in [-0.4, -0.2) is 32.3 Å². The Labute approximate surface area is 183 Å². The van der Waals surface area contributed by atoms with Crippen molar-refractivity contribution < 1.29 is 14.3 Å². The third-order valence-corrected chi connectivity index (χ3v) is 5.75. The van der Waals surface area contributed by atoms with E-state index in [0.29, 0.717) is 13.3 Å². The number of carbonyl (C=O) groups excluding carboxylic acids is 1. The zero-order chi connectivity index (χ0) is 21.5. The normalized spacial score (nSPS) is 15.7. The van der Waals surface area contributed by atoms with Crippen LogP contribution in [0.25, 0.3) is 0 Å². The molecule has 0 unspecified atom stereocenters.